The molecule has 1 heterocycles. The van der Waals surface area contributed by atoms with Gasteiger partial charge in [0.25, 0.3) is 0 Å². The molecular formula is C17H12ClF2NO2. The van der Waals surface area contributed by atoms with Crippen molar-refractivity contribution < 1.29 is 18.3 Å². The molecule has 6 heteroatoms. The Morgan fingerprint density at radius 2 is 1.70 bits per heavy atom. The molecule has 0 unspecified atom stereocenters. The second-order valence-electron chi connectivity index (χ2n) is 4.83. The maximum atomic E-state index is 14.0. The summed E-state index contributed by atoms with van der Waals surface area (Å²) in [6, 6.07) is 12.9. The number of rotatable bonds is 3. The predicted octanol–water partition coefficient (Wildman–Crippen LogP) is 5.09. The summed E-state index contributed by atoms with van der Waals surface area (Å²) in [5.74, 6) is 0.694. The molecule has 0 N–H and O–H groups in total. The number of alkyl halides is 2. The van der Waals surface area contributed by atoms with Gasteiger partial charge in [-0.1, -0.05) is 11.6 Å². The van der Waals surface area contributed by atoms with Crippen LogP contribution in [0, 0.1) is 0 Å². The van der Waals surface area contributed by atoms with E-state index in [1.165, 1.54) is 13.2 Å². The lowest BCUT2D eigenvalue weighted by molar-refractivity contribution is -0.125. The average molecular weight is 336 g/mol. The predicted molar refractivity (Wildman–Crippen MR) is 85.6 cm³/mol. The van der Waals surface area contributed by atoms with Gasteiger partial charge in [-0.25, -0.2) is 4.99 Å². The van der Waals surface area contributed by atoms with Crippen LogP contribution in [0.4, 0.5) is 14.5 Å². The third kappa shape index (κ3) is 3.35. The first-order valence-electron chi connectivity index (χ1n) is 6.75. The molecule has 0 fully saturated rings. The van der Waals surface area contributed by atoms with Gasteiger partial charge in [0.1, 0.15) is 11.5 Å². The number of halogens is 3. The van der Waals surface area contributed by atoms with Crippen LogP contribution >= 0.6 is 11.6 Å². The van der Waals surface area contributed by atoms with E-state index in [4.69, 9.17) is 21.1 Å². The van der Waals surface area contributed by atoms with E-state index in [2.05, 4.69) is 4.99 Å². The van der Waals surface area contributed by atoms with E-state index in [0.29, 0.717) is 22.0 Å². The molecule has 0 radical (unpaired) electrons. The molecular weight excluding hydrogens is 324 g/mol. The number of hydrogen-bond donors (Lipinski definition) is 0. The number of methoxy groups -OCH3 is 1. The van der Waals surface area contributed by atoms with Crippen molar-refractivity contribution in [3.8, 4) is 5.75 Å². The summed E-state index contributed by atoms with van der Waals surface area (Å²) >= 11 is 5.77. The molecule has 118 valence electrons. The van der Waals surface area contributed by atoms with E-state index in [9.17, 15) is 8.78 Å². The Morgan fingerprint density at radius 3 is 2.30 bits per heavy atom. The molecule has 0 aliphatic carbocycles. The molecule has 0 spiro atoms. The fourth-order valence-electron chi connectivity index (χ4n) is 2.08. The van der Waals surface area contributed by atoms with Crippen molar-refractivity contribution in [2.45, 2.75) is 6.11 Å². The molecule has 0 aromatic heterocycles. The van der Waals surface area contributed by atoms with Crippen molar-refractivity contribution in [1.82, 2.24) is 0 Å². The van der Waals surface area contributed by atoms with Crippen molar-refractivity contribution >= 4 is 28.8 Å². The monoisotopic (exact) mass is 335 g/mol. The highest BCUT2D eigenvalue weighted by Crippen LogP contribution is 2.36. The Hall–Kier alpha value is -2.40. The maximum Gasteiger partial charge on any atom is 0.444 e. The summed E-state index contributed by atoms with van der Waals surface area (Å²) in [5.41, 5.74) is 0.442. The SMILES string of the molecule is COc1ccc(C2=CC(=Nc3ccc(Cl)cc3)C(F)(F)O2)cc1. The van der Waals surface area contributed by atoms with Crippen LogP contribution in [0.3, 0.4) is 0 Å². The Balaban J connectivity index is 1.93. The summed E-state index contributed by atoms with van der Waals surface area (Å²) in [6.45, 7) is 0. The van der Waals surface area contributed by atoms with E-state index in [1.807, 2.05) is 0 Å². The second kappa shape index (κ2) is 6.01. The molecule has 1 aliphatic heterocycles. The highest BCUT2D eigenvalue weighted by Gasteiger charge is 2.44. The van der Waals surface area contributed by atoms with Crippen LogP contribution in [0.15, 0.2) is 59.6 Å². The number of aliphatic imine (C=N–C) groups is 1. The normalized spacial score (nSPS) is 17.7. The molecule has 3 nitrogen and oxygen atoms in total. The van der Waals surface area contributed by atoms with Gasteiger partial charge in [-0.15, -0.1) is 0 Å². The summed E-state index contributed by atoms with van der Waals surface area (Å²) in [6.07, 6.45) is -2.24. The topological polar surface area (TPSA) is 30.8 Å². The molecule has 3 rings (SSSR count). The first-order valence-corrected chi connectivity index (χ1v) is 7.13. The summed E-state index contributed by atoms with van der Waals surface area (Å²) in [4.78, 5) is 3.94. The fraction of sp³-hybridized carbons (Fsp3) is 0.118. The largest absolute Gasteiger partial charge is 0.497 e. The fourth-order valence-corrected chi connectivity index (χ4v) is 2.20. The van der Waals surface area contributed by atoms with Gasteiger partial charge in [0, 0.05) is 16.7 Å². The first-order chi connectivity index (χ1) is 11.0. The van der Waals surface area contributed by atoms with Gasteiger partial charge >= 0.3 is 6.11 Å². The highest BCUT2D eigenvalue weighted by molar-refractivity contribution is 6.30. The molecule has 0 saturated heterocycles. The zero-order chi connectivity index (χ0) is 16.4. The first kappa shape index (κ1) is 15.5. The van der Waals surface area contributed by atoms with Crippen molar-refractivity contribution in [1.29, 1.82) is 0 Å². The van der Waals surface area contributed by atoms with E-state index in [1.54, 1.807) is 48.5 Å². The van der Waals surface area contributed by atoms with Crippen LogP contribution in [-0.2, 0) is 4.74 Å². The smallest absolute Gasteiger partial charge is 0.444 e. The molecule has 1 aliphatic rings. The highest BCUT2D eigenvalue weighted by atomic mass is 35.5. The zero-order valence-electron chi connectivity index (χ0n) is 12.1. The van der Waals surface area contributed by atoms with Crippen molar-refractivity contribution in [2.24, 2.45) is 4.99 Å². The summed E-state index contributed by atoms with van der Waals surface area (Å²) in [5, 5.41) is 0.512. The van der Waals surface area contributed by atoms with Crippen LogP contribution in [0.2, 0.25) is 5.02 Å². The molecule has 0 atom stereocenters. The Morgan fingerprint density at radius 1 is 1.04 bits per heavy atom. The summed E-state index contributed by atoms with van der Waals surface area (Å²) in [7, 11) is 1.53. The molecule has 23 heavy (non-hydrogen) atoms. The number of ether oxygens (including phenoxy) is 2. The van der Waals surface area contributed by atoms with Crippen LogP contribution in [0.5, 0.6) is 5.75 Å². The minimum absolute atomic E-state index is 0.0605. The molecule has 0 saturated carbocycles. The standard InChI is InChI=1S/C17H12ClF2NO2/c1-22-14-8-2-11(3-9-14)15-10-16(17(19,20)23-15)21-13-6-4-12(18)5-7-13/h2-10H,1H3. The minimum Gasteiger partial charge on any atom is -0.497 e. The van der Waals surface area contributed by atoms with Gasteiger partial charge < -0.3 is 9.47 Å². The Labute approximate surface area is 136 Å². The van der Waals surface area contributed by atoms with E-state index in [0.717, 1.165) is 0 Å². The second-order valence-corrected chi connectivity index (χ2v) is 5.27. The van der Waals surface area contributed by atoms with E-state index >= 15 is 0 Å². The van der Waals surface area contributed by atoms with Crippen molar-refractivity contribution in [3.05, 3.63) is 65.2 Å². The molecule has 0 bridgehead atoms. The van der Waals surface area contributed by atoms with Gasteiger partial charge in [-0.3, -0.25) is 0 Å². The van der Waals surface area contributed by atoms with E-state index < -0.39 is 11.8 Å². The number of nitrogens with zero attached hydrogens (tertiary/aromatic N) is 1. The quantitative estimate of drug-likeness (QED) is 0.782. The van der Waals surface area contributed by atoms with Crippen LogP contribution in [0.25, 0.3) is 5.76 Å². The number of hydrogen-bond acceptors (Lipinski definition) is 3. The number of benzene rings is 2. The lowest BCUT2D eigenvalue weighted by Crippen LogP contribution is -2.24. The van der Waals surface area contributed by atoms with Crippen molar-refractivity contribution in [3.63, 3.8) is 0 Å². The van der Waals surface area contributed by atoms with Crippen LogP contribution in [0.1, 0.15) is 5.56 Å². The lowest BCUT2D eigenvalue weighted by atomic mass is 10.1. The van der Waals surface area contributed by atoms with Gasteiger partial charge in [0.15, 0.2) is 5.71 Å². The average Bonchev–Trinajstić information content (AvgIpc) is 2.84. The minimum atomic E-state index is -3.48. The third-order valence-corrected chi connectivity index (χ3v) is 3.51. The van der Waals surface area contributed by atoms with Gasteiger partial charge in [0.2, 0.25) is 0 Å². The van der Waals surface area contributed by atoms with Gasteiger partial charge in [0.05, 0.1) is 12.8 Å². The zero-order valence-corrected chi connectivity index (χ0v) is 12.8. The Kier molecular flexibility index (Phi) is 4.05. The molecule has 2 aromatic rings. The Bertz CT molecular complexity index is 768. The van der Waals surface area contributed by atoms with Crippen LogP contribution in [-0.4, -0.2) is 18.9 Å². The summed E-state index contributed by atoms with van der Waals surface area (Å²) < 4.78 is 37.8. The molecule has 0 amide bonds. The van der Waals surface area contributed by atoms with Gasteiger partial charge in [-0.2, -0.15) is 8.78 Å². The van der Waals surface area contributed by atoms with Crippen LogP contribution < -0.4 is 4.74 Å². The lowest BCUT2D eigenvalue weighted by Gasteiger charge is -2.12. The third-order valence-electron chi connectivity index (χ3n) is 3.25. The van der Waals surface area contributed by atoms with Gasteiger partial charge in [-0.05, 0) is 48.5 Å². The van der Waals surface area contributed by atoms with Crippen molar-refractivity contribution in [2.75, 3.05) is 7.11 Å². The maximum absolute atomic E-state index is 14.0. The molecule has 2 aromatic carbocycles. The van der Waals surface area contributed by atoms with E-state index in [-0.39, 0.29) is 5.76 Å².